The summed E-state index contributed by atoms with van der Waals surface area (Å²) in [5.41, 5.74) is 0.446. The third-order valence-electron chi connectivity index (χ3n) is 2.44. The molecular weight excluding hydrogens is 266 g/mol. The SMILES string of the molecule is COc1cncc(C(=O)COc2cccc(Cl)c2)c1. The molecule has 0 fully saturated rings. The van der Waals surface area contributed by atoms with Crippen molar-refractivity contribution in [2.45, 2.75) is 0 Å². The van der Waals surface area contributed by atoms with Crippen LogP contribution in [0.15, 0.2) is 42.7 Å². The van der Waals surface area contributed by atoms with Gasteiger partial charge in [0.1, 0.15) is 11.5 Å². The first-order valence-electron chi connectivity index (χ1n) is 5.59. The van der Waals surface area contributed by atoms with Gasteiger partial charge in [-0.25, -0.2) is 0 Å². The number of hydrogen-bond acceptors (Lipinski definition) is 4. The molecule has 19 heavy (non-hydrogen) atoms. The van der Waals surface area contributed by atoms with Crippen LogP contribution in [0.2, 0.25) is 5.02 Å². The zero-order valence-electron chi connectivity index (χ0n) is 10.3. The highest BCUT2D eigenvalue weighted by Crippen LogP contribution is 2.17. The second-order valence-electron chi connectivity index (χ2n) is 3.78. The second-order valence-corrected chi connectivity index (χ2v) is 4.22. The molecule has 1 aromatic heterocycles. The van der Waals surface area contributed by atoms with Crippen LogP contribution in [0, 0.1) is 0 Å². The number of nitrogens with zero attached hydrogens (tertiary/aromatic N) is 1. The van der Waals surface area contributed by atoms with Gasteiger partial charge in [-0.15, -0.1) is 0 Å². The number of rotatable bonds is 5. The van der Waals surface area contributed by atoms with Crippen LogP contribution in [0.25, 0.3) is 0 Å². The van der Waals surface area contributed by atoms with Gasteiger partial charge in [0.15, 0.2) is 6.61 Å². The first-order valence-corrected chi connectivity index (χ1v) is 5.97. The number of benzene rings is 1. The Balaban J connectivity index is 2.01. The fourth-order valence-corrected chi connectivity index (χ4v) is 1.65. The van der Waals surface area contributed by atoms with Gasteiger partial charge in [0.2, 0.25) is 5.78 Å². The molecule has 98 valence electrons. The quantitative estimate of drug-likeness (QED) is 0.788. The van der Waals surface area contributed by atoms with Gasteiger partial charge in [0.05, 0.1) is 13.3 Å². The lowest BCUT2D eigenvalue weighted by Gasteiger charge is -2.06. The number of methoxy groups -OCH3 is 1. The Kier molecular flexibility index (Phi) is 4.36. The summed E-state index contributed by atoms with van der Waals surface area (Å²) in [6.07, 6.45) is 3.01. The molecule has 0 aliphatic rings. The first-order chi connectivity index (χ1) is 9.19. The predicted octanol–water partition coefficient (Wildman–Crippen LogP) is 3.01. The number of carbonyl (C=O) groups excluding carboxylic acids is 1. The highest BCUT2D eigenvalue weighted by Gasteiger charge is 2.08. The van der Waals surface area contributed by atoms with Crippen molar-refractivity contribution in [3.63, 3.8) is 0 Å². The Morgan fingerprint density at radius 2 is 2.11 bits per heavy atom. The van der Waals surface area contributed by atoms with Gasteiger partial charge in [-0.3, -0.25) is 9.78 Å². The molecule has 0 radical (unpaired) electrons. The average Bonchev–Trinajstić information content (AvgIpc) is 2.45. The van der Waals surface area contributed by atoms with Gasteiger partial charge in [-0.1, -0.05) is 17.7 Å². The van der Waals surface area contributed by atoms with Crippen LogP contribution in [0.5, 0.6) is 11.5 Å². The summed E-state index contributed by atoms with van der Waals surface area (Å²) in [5, 5.41) is 0.563. The molecule has 2 rings (SSSR count). The predicted molar refractivity (Wildman–Crippen MR) is 72.1 cm³/mol. The van der Waals surface area contributed by atoms with Crippen LogP contribution in [0.3, 0.4) is 0 Å². The molecule has 0 bridgehead atoms. The molecule has 0 unspecified atom stereocenters. The lowest BCUT2D eigenvalue weighted by atomic mass is 10.2. The first kappa shape index (κ1) is 13.4. The Morgan fingerprint density at radius 3 is 2.84 bits per heavy atom. The molecule has 0 amide bonds. The van der Waals surface area contributed by atoms with Crippen molar-refractivity contribution in [3.8, 4) is 11.5 Å². The van der Waals surface area contributed by atoms with E-state index in [1.54, 1.807) is 30.3 Å². The van der Waals surface area contributed by atoms with Crippen molar-refractivity contribution >= 4 is 17.4 Å². The minimum Gasteiger partial charge on any atom is -0.495 e. The van der Waals surface area contributed by atoms with Crippen LogP contribution < -0.4 is 9.47 Å². The Morgan fingerprint density at radius 1 is 1.26 bits per heavy atom. The fraction of sp³-hybridized carbons (Fsp3) is 0.143. The normalized spacial score (nSPS) is 10.0. The van der Waals surface area contributed by atoms with Crippen molar-refractivity contribution in [2.75, 3.05) is 13.7 Å². The smallest absolute Gasteiger partial charge is 0.201 e. The van der Waals surface area contributed by atoms with Gasteiger partial charge < -0.3 is 9.47 Å². The lowest BCUT2D eigenvalue weighted by molar-refractivity contribution is 0.0921. The minimum atomic E-state index is -0.175. The van der Waals surface area contributed by atoms with Crippen LogP contribution in [0.4, 0.5) is 0 Å². The number of halogens is 1. The maximum atomic E-state index is 11.9. The van der Waals surface area contributed by atoms with E-state index >= 15 is 0 Å². The number of ketones is 1. The molecule has 0 saturated heterocycles. The molecule has 0 N–H and O–H groups in total. The van der Waals surface area contributed by atoms with Gasteiger partial charge in [-0.2, -0.15) is 0 Å². The van der Waals surface area contributed by atoms with Crippen molar-refractivity contribution in [1.82, 2.24) is 4.98 Å². The average molecular weight is 278 g/mol. The van der Waals surface area contributed by atoms with Crippen molar-refractivity contribution < 1.29 is 14.3 Å². The molecule has 5 heteroatoms. The van der Waals surface area contributed by atoms with Gasteiger partial charge in [-0.05, 0) is 24.3 Å². The summed E-state index contributed by atoms with van der Waals surface area (Å²) in [6.45, 7) is -0.0742. The molecule has 4 nitrogen and oxygen atoms in total. The lowest BCUT2D eigenvalue weighted by Crippen LogP contribution is -2.12. The van der Waals surface area contributed by atoms with Gasteiger partial charge in [0, 0.05) is 16.8 Å². The highest BCUT2D eigenvalue weighted by molar-refractivity contribution is 6.30. The maximum Gasteiger partial charge on any atom is 0.201 e. The molecule has 0 saturated carbocycles. The number of Topliss-reactive ketones (excluding diaryl/α,β-unsaturated/α-hetero) is 1. The summed E-state index contributed by atoms with van der Waals surface area (Å²) in [6, 6.07) is 8.51. The zero-order chi connectivity index (χ0) is 13.7. The molecule has 1 aromatic carbocycles. The summed E-state index contributed by atoms with van der Waals surface area (Å²) in [7, 11) is 1.52. The second kappa shape index (κ2) is 6.20. The van der Waals surface area contributed by atoms with E-state index in [1.165, 1.54) is 19.5 Å². The molecule has 2 aromatic rings. The Bertz CT molecular complexity index is 586. The molecule has 1 heterocycles. The summed E-state index contributed by atoms with van der Waals surface area (Å²) in [4.78, 5) is 15.8. The van der Waals surface area contributed by atoms with E-state index in [9.17, 15) is 4.79 Å². The third-order valence-corrected chi connectivity index (χ3v) is 2.67. The third kappa shape index (κ3) is 3.69. The molecule has 0 aliphatic carbocycles. The van der Waals surface area contributed by atoms with Crippen LogP contribution in [-0.4, -0.2) is 24.5 Å². The monoisotopic (exact) mass is 277 g/mol. The van der Waals surface area contributed by atoms with Crippen molar-refractivity contribution in [1.29, 1.82) is 0 Å². The molecular formula is C14H12ClNO3. The minimum absolute atomic E-state index is 0.0742. The standard InChI is InChI=1S/C14H12ClNO3/c1-18-13-5-10(7-16-8-13)14(17)9-19-12-4-2-3-11(15)6-12/h2-8H,9H2,1H3. The Labute approximate surface area is 115 Å². The van der Waals surface area contributed by atoms with Crippen LogP contribution >= 0.6 is 11.6 Å². The summed E-state index contributed by atoms with van der Waals surface area (Å²) in [5.74, 6) is 0.914. The number of aromatic nitrogens is 1. The van der Waals surface area contributed by atoms with Crippen LogP contribution in [-0.2, 0) is 0 Å². The highest BCUT2D eigenvalue weighted by atomic mass is 35.5. The molecule has 0 aliphatic heterocycles. The summed E-state index contributed by atoms with van der Waals surface area (Å²) >= 11 is 5.83. The number of pyridine rings is 1. The fourth-order valence-electron chi connectivity index (χ4n) is 1.47. The van der Waals surface area contributed by atoms with E-state index in [0.717, 1.165) is 0 Å². The van der Waals surface area contributed by atoms with Crippen molar-refractivity contribution in [2.24, 2.45) is 0 Å². The van der Waals surface area contributed by atoms with E-state index in [-0.39, 0.29) is 12.4 Å². The molecule has 0 spiro atoms. The zero-order valence-corrected chi connectivity index (χ0v) is 11.1. The Hall–Kier alpha value is -2.07. The maximum absolute atomic E-state index is 11.9. The van der Waals surface area contributed by atoms with E-state index in [2.05, 4.69) is 4.98 Å². The van der Waals surface area contributed by atoms with Crippen LogP contribution in [0.1, 0.15) is 10.4 Å². The largest absolute Gasteiger partial charge is 0.495 e. The van der Waals surface area contributed by atoms with Crippen molar-refractivity contribution in [3.05, 3.63) is 53.3 Å². The number of carbonyl (C=O) groups is 1. The van der Waals surface area contributed by atoms with E-state index in [4.69, 9.17) is 21.1 Å². The number of hydrogen-bond donors (Lipinski definition) is 0. The van der Waals surface area contributed by atoms with Gasteiger partial charge >= 0.3 is 0 Å². The molecule has 0 atom stereocenters. The number of ether oxygens (including phenoxy) is 2. The van der Waals surface area contributed by atoms with E-state index in [0.29, 0.717) is 22.1 Å². The van der Waals surface area contributed by atoms with E-state index < -0.39 is 0 Å². The van der Waals surface area contributed by atoms with E-state index in [1.807, 2.05) is 0 Å². The topological polar surface area (TPSA) is 48.4 Å². The van der Waals surface area contributed by atoms with Gasteiger partial charge in [0.25, 0.3) is 0 Å². The summed E-state index contributed by atoms with van der Waals surface area (Å²) < 4.78 is 10.4.